The number of aliphatic imine (C=N–C) groups is 1. The summed E-state index contributed by atoms with van der Waals surface area (Å²) < 4.78 is 10.4. The van der Waals surface area contributed by atoms with Crippen LogP contribution in [0.2, 0.25) is 0 Å². The Labute approximate surface area is 159 Å². The zero-order valence-electron chi connectivity index (χ0n) is 14.3. The number of benzene rings is 2. The molecule has 2 aromatic carbocycles. The molecule has 138 valence electrons. The first-order chi connectivity index (χ1) is 13.0. The zero-order valence-corrected chi connectivity index (χ0v) is 15.2. The van der Waals surface area contributed by atoms with Gasteiger partial charge in [-0.15, -0.1) is 0 Å². The highest BCUT2D eigenvalue weighted by Gasteiger charge is 2.24. The van der Waals surface area contributed by atoms with E-state index in [4.69, 9.17) is 14.6 Å². The van der Waals surface area contributed by atoms with Crippen molar-refractivity contribution in [2.45, 2.75) is 0 Å². The number of hydrogen-bond acceptors (Lipinski definition) is 6. The van der Waals surface area contributed by atoms with Gasteiger partial charge in [-0.1, -0.05) is 24.3 Å². The molecule has 0 radical (unpaired) electrons. The number of methoxy groups -OCH3 is 1. The lowest BCUT2D eigenvalue weighted by atomic mass is 10.2. The number of nitrogens with one attached hydrogen (secondary N) is 1. The molecule has 8 heteroatoms. The van der Waals surface area contributed by atoms with E-state index in [9.17, 15) is 9.59 Å². The average Bonchev–Trinajstić information content (AvgIpc) is 2.99. The summed E-state index contributed by atoms with van der Waals surface area (Å²) in [4.78, 5) is 27.7. The predicted octanol–water partition coefficient (Wildman–Crippen LogP) is 3.05. The third-order valence-corrected chi connectivity index (χ3v) is 4.39. The first kappa shape index (κ1) is 18.5. The quantitative estimate of drug-likeness (QED) is 0.743. The van der Waals surface area contributed by atoms with Crippen LogP contribution in [0.3, 0.4) is 0 Å². The number of nitrogens with zero attached hydrogens (tertiary/aromatic N) is 1. The maximum atomic E-state index is 12.2. The number of para-hydroxylation sites is 2. The summed E-state index contributed by atoms with van der Waals surface area (Å²) in [5.41, 5.74) is 1.34. The van der Waals surface area contributed by atoms with Gasteiger partial charge in [0.15, 0.2) is 11.8 Å². The number of hydrogen-bond donors (Lipinski definition) is 2. The molecule has 1 aliphatic heterocycles. The second kappa shape index (κ2) is 8.41. The maximum absolute atomic E-state index is 12.2. The van der Waals surface area contributed by atoms with Gasteiger partial charge < -0.3 is 19.9 Å². The first-order valence-corrected chi connectivity index (χ1v) is 8.74. The van der Waals surface area contributed by atoms with E-state index >= 15 is 0 Å². The van der Waals surface area contributed by atoms with Crippen LogP contribution in [0.15, 0.2) is 58.4 Å². The minimum atomic E-state index is -1.05. The van der Waals surface area contributed by atoms with E-state index in [0.29, 0.717) is 32.8 Å². The van der Waals surface area contributed by atoms with Crippen LogP contribution in [0.5, 0.6) is 11.5 Å². The van der Waals surface area contributed by atoms with Gasteiger partial charge in [-0.2, -0.15) is 0 Å². The second-order valence-corrected chi connectivity index (χ2v) is 6.44. The summed E-state index contributed by atoms with van der Waals surface area (Å²) in [6.07, 6.45) is 1.69. The fraction of sp³-hybridized carbons (Fsp3) is 0.105. The van der Waals surface area contributed by atoms with Crippen LogP contribution >= 0.6 is 11.8 Å². The summed E-state index contributed by atoms with van der Waals surface area (Å²) in [6.45, 7) is -0.426. The SMILES string of the molecule is COc1ccccc1N=C1NC(=O)/C(=C\c2cccc(OCC(=O)O)c2)S1. The van der Waals surface area contributed by atoms with Crippen molar-refractivity contribution in [3.05, 3.63) is 59.0 Å². The van der Waals surface area contributed by atoms with Crippen molar-refractivity contribution in [2.24, 2.45) is 4.99 Å². The number of carboxylic acid groups (broad SMARTS) is 1. The summed E-state index contributed by atoms with van der Waals surface area (Å²) in [5.74, 6) is -0.286. The van der Waals surface area contributed by atoms with E-state index in [1.807, 2.05) is 12.1 Å². The smallest absolute Gasteiger partial charge is 0.341 e. The highest BCUT2D eigenvalue weighted by Crippen LogP contribution is 2.32. The van der Waals surface area contributed by atoms with Crippen molar-refractivity contribution in [1.82, 2.24) is 5.32 Å². The monoisotopic (exact) mass is 384 g/mol. The van der Waals surface area contributed by atoms with Crippen molar-refractivity contribution in [2.75, 3.05) is 13.7 Å². The van der Waals surface area contributed by atoms with Crippen LogP contribution in [-0.4, -0.2) is 35.9 Å². The number of amidine groups is 1. The Balaban J connectivity index is 1.78. The number of carbonyl (C=O) groups excluding carboxylic acids is 1. The molecule has 0 spiro atoms. The van der Waals surface area contributed by atoms with E-state index in [2.05, 4.69) is 10.3 Å². The van der Waals surface area contributed by atoms with Gasteiger partial charge in [-0.05, 0) is 47.7 Å². The molecule has 0 aliphatic carbocycles. The Kier molecular flexibility index (Phi) is 5.77. The molecule has 0 unspecified atom stereocenters. The highest BCUT2D eigenvalue weighted by atomic mass is 32.2. The van der Waals surface area contributed by atoms with E-state index < -0.39 is 12.6 Å². The average molecular weight is 384 g/mol. The molecular weight excluding hydrogens is 368 g/mol. The van der Waals surface area contributed by atoms with Gasteiger partial charge in [0, 0.05) is 0 Å². The standard InChI is InChI=1S/C19H16N2O5S/c1-25-15-8-3-2-7-14(15)20-19-21-18(24)16(27-19)10-12-5-4-6-13(9-12)26-11-17(22)23/h2-10H,11H2,1H3,(H,22,23)(H,20,21,24)/b16-10+. The molecule has 7 nitrogen and oxygen atoms in total. The fourth-order valence-corrected chi connectivity index (χ4v) is 3.14. The molecule has 1 saturated heterocycles. The summed E-state index contributed by atoms with van der Waals surface area (Å²) in [7, 11) is 1.56. The van der Waals surface area contributed by atoms with Gasteiger partial charge in [-0.25, -0.2) is 9.79 Å². The Hall–Kier alpha value is -3.26. The first-order valence-electron chi connectivity index (χ1n) is 7.92. The molecule has 2 N–H and O–H groups in total. The van der Waals surface area contributed by atoms with Crippen LogP contribution < -0.4 is 14.8 Å². The van der Waals surface area contributed by atoms with Gasteiger partial charge >= 0.3 is 5.97 Å². The van der Waals surface area contributed by atoms with Gasteiger partial charge in [0.2, 0.25) is 0 Å². The maximum Gasteiger partial charge on any atom is 0.341 e. The second-order valence-electron chi connectivity index (χ2n) is 5.41. The molecule has 1 heterocycles. The van der Waals surface area contributed by atoms with Gasteiger partial charge in [0.25, 0.3) is 5.91 Å². The lowest BCUT2D eigenvalue weighted by Gasteiger charge is -2.04. The third-order valence-electron chi connectivity index (χ3n) is 3.48. The molecule has 3 rings (SSSR count). The summed E-state index contributed by atoms with van der Waals surface area (Å²) in [6, 6.07) is 14.1. The molecule has 0 aromatic heterocycles. The van der Waals surface area contributed by atoms with Crippen LogP contribution in [-0.2, 0) is 9.59 Å². The molecule has 1 amide bonds. The van der Waals surface area contributed by atoms with Crippen LogP contribution in [0.1, 0.15) is 5.56 Å². The predicted molar refractivity (Wildman–Crippen MR) is 103 cm³/mol. The molecule has 1 fully saturated rings. The van der Waals surface area contributed by atoms with Gasteiger partial charge in [0.1, 0.15) is 17.2 Å². The molecule has 0 atom stereocenters. The van der Waals surface area contributed by atoms with E-state index in [0.717, 1.165) is 0 Å². The van der Waals surface area contributed by atoms with Crippen LogP contribution in [0.25, 0.3) is 6.08 Å². The highest BCUT2D eigenvalue weighted by molar-refractivity contribution is 8.18. The molecular formula is C19H16N2O5S. The van der Waals surface area contributed by atoms with Crippen molar-refractivity contribution < 1.29 is 24.2 Å². The minimum absolute atomic E-state index is 0.259. The lowest BCUT2D eigenvalue weighted by molar-refractivity contribution is -0.139. The van der Waals surface area contributed by atoms with E-state index in [1.54, 1.807) is 49.6 Å². The van der Waals surface area contributed by atoms with E-state index in [-0.39, 0.29) is 5.91 Å². The van der Waals surface area contributed by atoms with Crippen molar-refractivity contribution >= 4 is 40.6 Å². The largest absolute Gasteiger partial charge is 0.494 e. The van der Waals surface area contributed by atoms with Crippen molar-refractivity contribution in [1.29, 1.82) is 0 Å². The Bertz CT molecular complexity index is 939. The van der Waals surface area contributed by atoms with Gasteiger partial charge in [0.05, 0.1) is 12.0 Å². The number of rotatable bonds is 6. The summed E-state index contributed by atoms with van der Waals surface area (Å²) in [5, 5.41) is 11.9. The van der Waals surface area contributed by atoms with Crippen molar-refractivity contribution in [3.8, 4) is 11.5 Å². The molecule has 0 bridgehead atoms. The fourth-order valence-electron chi connectivity index (χ4n) is 2.30. The zero-order chi connectivity index (χ0) is 19.2. The van der Waals surface area contributed by atoms with Gasteiger partial charge in [-0.3, -0.25) is 4.79 Å². The van der Waals surface area contributed by atoms with Crippen molar-refractivity contribution in [3.63, 3.8) is 0 Å². The number of ether oxygens (including phenoxy) is 2. The molecule has 0 saturated carbocycles. The van der Waals surface area contributed by atoms with Crippen LogP contribution in [0, 0.1) is 0 Å². The molecule has 1 aliphatic rings. The number of amides is 1. The minimum Gasteiger partial charge on any atom is -0.494 e. The third kappa shape index (κ3) is 4.89. The number of carbonyl (C=O) groups is 2. The Morgan fingerprint density at radius 1 is 1.26 bits per heavy atom. The number of thioether (sulfide) groups is 1. The van der Waals surface area contributed by atoms with Crippen LogP contribution in [0.4, 0.5) is 5.69 Å². The number of aliphatic carboxylic acids is 1. The molecule has 27 heavy (non-hydrogen) atoms. The Morgan fingerprint density at radius 2 is 2.07 bits per heavy atom. The molecule has 2 aromatic rings. The Morgan fingerprint density at radius 3 is 2.85 bits per heavy atom. The number of carboxylic acids is 1. The topological polar surface area (TPSA) is 97.2 Å². The lowest BCUT2D eigenvalue weighted by Crippen LogP contribution is -2.19. The summed E-state index contributed by atoms with van der Waals surface area (Å²) >= 11 is 1.21. The van der Waals surface area contributed by atoms with E-state index in [1.165, 1.54) is 11.8 Å². The normalized spacial score (nSPS) is 16.4.